The van der Waals surface area contributed by atoms with E-state index in [4.69, 9.17) is 17.3 Å². The summed E-state index contributed by atoms with van der Waals surface area (Å²) in [6.45, 7) is 4.19. The van der Waals surface area contributed by atoms with Crippen LogP contribution in [-0.2, 0) is 0 Å². The minimum atomic E-state index is 0.175. The average Bonchev–Trinajstić information content (AvgIpc) is 2.32. The van der Waals surface area contributed by atoms with Gasteiger partial charge < -0.3 is 5.73 Å². The van der Waals surface area contributed by atoms with E-state index in [9.17, 15) is 0 Å². The SMILES string of the molecule is Cc1cc(C(N)C2CCCCCCC2)c(C)cc1Cl. The number of hydrogen-bond acceptors (Lipinski definition) is 1. The zero-order chi connectivity index (χ0) is 13.8. The summed E-state index contributed by atoms with van der Waals surface area (Å²) < 4.78 is 0. The van der Waals surface area contributed by atoms with Crippen molar-refractivity contribution in [3.8, 4) is 0 Å². The lowest BCUT2D eigenvalue weighted by Crippen LogP contribution is -2.23. The summed E-state index contributed by atoms with van der Waals surface area (Å²) in [7, 11) is 0. The van der Waals surface area contributed by atoms with Gasteiger partial charge in [-0.05, 0) is 55.4 Å². The first-order chi connectivity index (χ1) is 9.09. The van der Waals surface area contributed by atoms with Crippen LogP contribution in [0.2, 0.25) is 5.02 Å². The summed E-state index contributed by atoms with van der Waals surface area (Å²) >= 11 is 6.18. The van der Waals surface area contributed by atoms with Gasteiger partial charge in [-0.3, -0.25) is 0 Å². The van der Waals surface area contributed by atoms with Crippen molar-refractivity contribution >= 4 is 11.6 Å². The van der Waals surface area contributed by atoms with Crippen LogP contribution < -0.4 is 5.73 Å². The van der Waals surface area contributed by atoms with Crippen molar-refractivity contribution in [3.05, 3.63) is 33.8 Å². The molecule has 1 unspecified atom stereocenters. The van der Waals surface area contributed by atoms with Gasteiger partial charge in [-0.1, -0.05) is 49.8 Å². The van der Waals surface area contributed by atoms with Crippen molar-refractivity contribution in [2.45, 2.75) is 64.8 Å². The Morgan fingerprint density at radius 2 is 1.58 bits per heavy atom. The quantitative estimate of drug-likeness (QED) is 0.779. The summed E-state index contributed by atoms with van der Waals surface area (Å²) in [5.41, 5.74) is 10.2. The third-order valence-electron chi connectivity index (χ3n) is 4.56. The van der Waals surface area contributed by atoms with Crippen LogP contribution >= 0.6 is 11.6 Å². The number of rotatable bonds is 2. The first-order valence-electron chi connectivity index (χ1n) is 7.62. The molecule has 1 aromatic carbocycles. The first kappa shape index (κ1) is 14.9. The highest BCUT2D eigenvalue weighted by molar-refractivity contribution is 6.31. The van der Waals surface area contributed by atoms with Gasteiger partial charge in [0, 0.05) is 11.1 Å². The Hall–Kier alpha value is -0.530. The Labute approximate surface area is 122 Å². The number of aryl methyl sites for hydroxylation is 2. The van der Waals surface area contributed by atoms with Crippen molar-refractivity contribution in [2.75, 3.05) is 0 Å². The molecular weight excluding hydrogens is 254 g/mol. The van der Waals surface area contributed by atoms with Crippen LogP contribution in [0.5, 0.6) is 0 Å². The molecule has 2 N–H and O–H groups in total. The fourth-order valence-corrected chi connectivity index (χ4v) is 3.48. The zero-order valence-corrected chi connectivity index (χ0v) is 13.0. The highest BCUT2D eigenvalue weighted by Crippen LogP contribution is 2.34. The van der Waals surface area contributed by atoms with Gasteiger partial charge in [0.15, 0.2) is 0 Å². The molecule has 0 amide bonds. The second-order valence-electron chi connectivity index (χ2n) is 6.09. The van der Waals surface area contributed by atoms with Crippen LogP contribution in [0.4, 0.5) is 0 Å². The molecule has 0 aromatic heterocycles. The van der Waals surface area contributed by atoms with E-state index in [0.29, 0.717) is 5.92 Å². The van der Waals surface area contributed by atoms with Crippen LogP contribution in [0, 0.1) is 19.8 Å². The molecule has 1 aromatic rings. The number of benzene rings is 1. The van der Waals surface area contributed by atoms with Crippen molar-refractivity contribution in [2.24, 2.45) is 11.7 Å². The number of halogens is 1. The Morgan fingerprint density at radius 1 is 1.00 bits per heavy atom. The minimum Gasteiger partial charge on any atom is -0.324 e. The fraction of sp³-hybridized carbons (Fsp3) is 0.647. The standard InChI is InChI=1S/C17H26ClN/c1-12-11-16(18)13(2)10-15(12)17(19)14-8-6-4-3-5-7-9-14/h10-11,14,17H,3-9,19H2,1-2H3. The Morgan fingerprint density at radius 3 is 2.21 bits per heavy atom. The van der Waals surface area contributed by atoms with E-state index in [2.05, 4.69) is 26.0 Å². The smallest absolute Gasteiger partial charge is 0.0438 e. The predicted molar refractivity (Wildman–Crippen MR) is 83.7 cm³/mol. The maximum atomic E-state index is 6.57. The Bertz CT molecular complexity index is 420. The van der Waals surface area contributed by atoms with Gasteiger partial charge in [0.25, 0.3) is 0 Å². The lowest BCUT2D eigenvalue weighted by molar-refractivity contribution is 0.327. The molecule has 2 rings (SSSR count). The average molecular weight is 280 g/mol. The molecule has 0 saturated heterocycles. The molecular formula is C17H26ClN. The molecule has 0 radical (unpaired) electrons. The van der Waals surface area contributed by atoms with Crippen LogP contribution in [-0.4, -0.2) is 0 Å². The van der Waals surface area contributed by atoms with Gasteiger partial charge in [0.1, 0.15) is 0 Å². The number of hydrogen-bond donors (Lipinski definition) is 1. The maximum Gasteiger partial charge on any atom is 0.0438 e. The molecule has 1 aliphatic carbocycles. The second kappa shape index (κ2) is 6.76. The summed E-state index contributed by atoms with van der Waals surface area (Å²) in [6, 6.07) is 4.44. The zero-order valence-electron chi connectivity index (χ0n) is 12.2. The summed E-state index contributed by atoms with van der Waals surface area (Å²) in [5.74, 6) is 0.638. The fourth-order valence-electron chi connectivity index (χ4n) is 3.26. The van der Waals surface area contributed by atoms with Gasteiger partial charge >= 0.3 is 0 Å². The largest absolute Gasteiger partial charge is 0.324 e. The molecule has 106 valence electrons. The van der Waals surface area contributed by atoms with Gasteiger partial charge in [-0.2, -0.15) is 0 Å². The summed E-state index contributed by atoms with van der Waals surface area (Å²) in [5, 5.41) is 0.853. The monoisotopic (exact) mass is 279 g/mol. The maximum absolute atomic E-state index is 6.57. The third-order valence-corrected chi connectivity index (χ3v) is 4.97. The van der Waals surface area contributed by atoms with Gasteiger partial charge in [-0.25, -0.2) is 0 Å². The van der Waals surface area contributed by atoms with E-state index in [1.165, 1.54) is 56.1 Å². The molecule has 0 bridgehead atoms. The molecule has 2 heteroatoms. The van der Waals surface area contributed by atoms with Crippen LogP contribution in [0.25, 0.3) is 0 Å². The number of nitrogens with two attached hydrogens (primary N) is 1. The third kappa shape index (κ3) is 3.73. The molecule has 1 nitrogen and oxygen atoms in total. The second-order valence-corrected chi connectivity index (χ2v) is 6.50. The molecule has 0 spiro atoms. The van der Waals surface area contributed by atoms with Crippen LogP contribution in [0.1, 0.15) is 67.7 Å². The molecule has 19 heavy (non-hydrogen) atoms. The molecule has 1 atom stereocenters. The van der Waals surface area contributed by atoms with Gasteiger partial charge in [-0.15, -0.1) is 0 Å². The lowest BCUT2D eigenvalue weighted by Gasteiger charge is -2.27. The van der Waals surface area contributed by atoms with Crippen molar-refractivity contribution in [1.29, 1.82) is 0 Å². The molecule has 1 aliphatic rings. The molecule has 1 saturated carbocycles. The highest BCUT2D eigenvalue weighted by atomic mass is 35.5. The van der Waals surface area contributed by atoms with Crippen molar-refractivity contribution < 1.29 is 0 Å². The van der Waals surface area contributed by atoms with E-state index in [0.717, 1.165) is 10.6 Å². The van der Waals surface area contributed by atoms with Crippen LogP contribution in [0.3, 0.4) is 0 Å². The van der Waals surface area contributed by atoms with Crippen molar-refractivity contribution in [1.82, 2.24) is 0 Å². The van der Waals surface area contributed by atoms with Gasteiger partial charge in [0.2, 0.25) is 0 Å². The van der Waals surface area contributed by atoms with Gasteiger partial charge in [0.05, 0.1) is 0 Å². The highest BCUT2D eigenvalue weighted by Gasteiger charge is 2.22. The Balaban J connectivity index is 2.17. The normalized spacial score (nSPS) is 19.8. The van der Waals surface area contributed by atoms with Crippen molar-refractivity contribution in [3.63, 3.8) is 0 Å². The van der Waals surface area contributed by atoms with Crippen LogP contribution in [0.15, 0.2) is 12.1 Å². The first-order valence-corrected chi connectivity index (χ1v) is 7.99. The lowest BCUT2D eigenvalue weighted by atomic mass is 9.82. The predicted octanol–water partition coefficient (Wildman–Crippen LogP) is 5.32. The molecule has 0 heterocycles. The summed E-state index contributed by atoms with van der Waals surface area (Å²) in [4.78, 5) is 0. The van der Waals surface area contributed by atoms with E-state index < -0.39 is 0 Å². The Kier molecular flexibility index (Phi) is 5.29. The van der Waals surface area contributed by atoms with E-state index in [1.807, 2.05) is 0 Å². The van der Waals surface area contributed by atoms with E-state index in [1.54, 1.807) is 0 Å². The molecule has 1 fully saturated rings. The topological polar surface area (TPSA) is 26.0 Å². The minimum absolute atomic E-state index is 0.175. The van der Waals surface area contributed by atoms with E-state index in [-0.39, 0.29) is 6.04 Å². The summed E-state index contributed by atoms with van der Waals surface area (Å²) in [6.07, 6.45) is 9.39. The van der Waals surface area contributed by atoms with E-state index >= 15 is 0 Å². The molecule has 0 aliphatic heterocycles.